The SMILES string of the molecule is C.CCOP(=O)(Cc1cc(C)c(CP(=O)(OCC)OCC)s1)OCC.Cc1ccc(-c2ccc(N(c3ccc(C=Cc4ccccc4)c(C)c3)c3ccc(C=Cc4cc(C)c(C=Cc5ccccc5)s4)c(C)c3)cc2)cc1.Cc1ccc(-c2ccc(N(c3ccc(C=O)c(C)c3)c3ccc(C=O)c(C)c3)cc2)cc1. The molecule has 12 aromatic rings. The predicted octanol–water partition coefficient (Wildman–Crippen LogP) is 28.2. The van der Waals surface area contributed by atoms with Gasteiger partial charge < -0.3 is 27.9 Å². The summed E-state index contributed by atoms with van der Waals surface area (Å²) in [6, 6.07) is 84.9. The standard InChI is InChI=1S/C50H43NS.C29H25NO2.C15H28O6P2S.CH4/c1-36-15-19-44(20-16-36)45-24-27-46(28-25-45)51(47-29-22-42(37(2)33-47)21-17-40-11-7-5-8-12-40)48-30-23-43(38(3)34-48)26-31-49-35-39(4)50(52-49)32-18-41-13-9-6-10-14-41;1-20-4-6-23(7-5-20)24-8-12-27(13-9-24)30(28-14-10-25(18-31)21(2)16-28)29-15-11-26(19-32)22(3)17-29;1-6-18-22(16,19-7-2)11-14-10-13(5)15(24-14)12-23(17,20-8-3)21-9-4;/h5-35H,1-4H3;4-19H,1-3H3;10H,6-9,11-12H2,1-5H3;1H4. The van der Waals surface area contributed by atoms with Gasteiger partial charge in [0, 0.05) is 64.8 Å². The topological polar surface area (TPSA) is 112 Å². The van der Waals surface area contributed by atoms with Crippen LogP contribution in [0.15, 0.2) is 243 Å². The number of carbonyl (C=O) groups is 2. The molecule has 14 heteroatoms. The molecule has 0 atom stereocenters. The van der Waals surface area contributed by atoms with Crippen molar-refractivity contribution in [3.05, 3.63) is 340 Å². The minimum atomic E-state index is -3.15. The van der Waals surface area contributed by atoms with Gasteiger partial charge in [-0.2, -0.15) is 0 Å². The molecule has 12 rings (SSSR count). The van der Waals surface area contributed by atoms with Gasteiger partial charge in [0.25, 0.3) is 0 Å². The van der Waals surface area contributed by atoms with E-state index in [1.165, 1.54) is 87.9 Å². The number of hydrogen-bond donors (Lipinski definition) is 0. The van der Waals surface area contributed by atoms with E-state index < -0.39 is 15.2 Å². The lowest BCUT2D eigenvalue weighted by Crippen LogP contribution is -2.11. The van der Waals surface area contributed by atoms with Crippen molar-refractivity contribution in [2.75, 3.05) is 36.2 Å². The second-order valence-corrected chi connectivity index (χ2v) is 32.9. The molecular weight excluding hydrogens is 1420 g/mol. The molecule has 0 saturated heterocycles. The van der Waals surface area contributed by atoms with Crippen molar-refractivity contribution in [3.8, 4) is 22.3 Å². The number of hydrogen-bond acceptors (Lipinski definition) is 12. The van der Waals surface area contributed by atoms with Crippen molar-refractivity contribution in [3.63, 3.8) is 0 Å². The zero-order valence-electron chi connectivity index (χ0n) is 63.8. The summed E-state index contributed by atoms with van der Waals surface area (Å²) >= 11 is 3.28. The highest BCUT2D eigenvalue weighted by Crippen LogP contribution is 2.56. The van der Waals surface area contributed by atoms with Gasteiger partial charge in [0.05, 0.1) is 38.8 Å². The first-order valence-electron chi connectivity index (χ1n) is 36.6. The normalized spacial score (nSPS) is 11.4. The van der Waals surface area contributed by atoms with Crippen molar-refractivity contribution in [2.45, 2.75) is 103 Å². The summed E-state index contributed by atoms with van der Waals surface area (Å²) in [5.74, 6) is 0. The van der Waals surface area contributed by atoms with Crippen molar-refractivity contribution >= 4 is 121 Å². The van der Waals surface area contributed by atoms with Crippen LogP contribution < -0.4 is 9.80 Å². The Bertz CT molecular complexity index is 5100. The van der Waals surface area contributed by atoms with Gasteiger partial charge in [0.2, 0.25) is 0 Å². The monoisotopic (exact) mass is 1520 g/mol. The number of carbonyl (C=O) groups excluding carboxylic acids is 2. The number of nitrogens with zero attached hydrogens (tertiary/aromatic N) is 2. The minimum absolute atomic E-state index is 0. The zero-order chi connectivity index (χ0) is 76.7. The van der Waals surface area contributed by atoms with E-state index in [0.717, 1.165) is 78.7 Å². The highest BCUT2D eigenvalue weighted by molar-refractivity contribution is 7.54. The van der Waals surface area contributed by atoms with Crippen LogP contribution in [0.2, 0.25) is 0 Å². The van der Waals surface area contributed by atoms with Crippen LogP contribution in [-0.4, -0.2) is 39.0 Å². The molecule has 0 fully saturated rings. The van der Waals surface area contributed by atoms with Crippen LogP contribution >= 0.6 is 37.9 Å². The Hall–Kier alpha value is -9.94. The fraction of sp³-hybridized carbons (Fsp3) is 0.200. The summed E-state index contributed by atoms with van der Waals surface area (Å²) < 4.78 is 46.7. The first-order valence-corrected chi connectivity index (χ1v) is 41.7. The number of thiophene rings is 2. The van der Waals surface area contributed by atoms with Crippen LogP contribution in [0.4, 0.5) is 34.1 Å². The maximum Gasteiger partial charge on any atom is 0.335 e. The van der Waals surface area contributed by atoms with Gasteiger partial charge in [-0.1, -0.05) is 188 Å². The number of aldehydes is 2. The molecule has 0 spiro atoms. The smallest absolute Gasteiger partial charge is 0.310 e. The summed E-state index contributed by atoms with van der Waals surface area (Å²) in [4.78, 5) is 31.5. The Labute approximate surface area is 654 Å². The van der Waals surface area contributed by atoms with Crippen LogP contribution in [0.5, 0.6) is 0 Å². The molecule has 10 aromatic carbocycles. The van der Waals surface area contributed by atoms with E-state index in [9.17, 15) is 18.7 Å². The van der Waals surface area contributed by atoms with Crippen LogP contribution in [0, 0.1) is 55.4 Å². The van der Waals surface area contributed by atoms with Gasteiger partial charge >= 0.3 is 15.2 Å². The maximum absolute atomic E-state index is 12.7. The quantitative estimate of drug-likeness (QED) is 0.0267. The average molecular weight is 1520 g/mol. The Balaban J connectivity index is 0.000000205. The molecule has 0 N–H and O–H groups in total. The van der Waals surface area contributed by atoms with Gasteiger partial charge in [-0.05, 0) is 270 Å². The molecule has 0 unspecified atom stereocenters. The molecule has 0 aliphatic heterocycles. The minimum Gasteiger partial charge on any atom is -0.310 e. The number of aryl methyl sites for hydroxylation is 8. The largest absolute Gasteiger partial charge is 0.335 e. The molecule has 10 nitrogen and oxygen atoms in total. The van der Waals surface area contributed by atoms with Gasteiger partial charge in [-0.3, -0.25) is 18.7 Å². The van der Waals surface area contributed by atoms with Crippen LogP contribution in [0.1, 0.15) is 142 Å². The summed E-state index contributed by atoms with van der Waals surface area (Å²) in [5, 5.41) is 0. The third-order valence-corrected chi connectivity index (χ3v) is 25.1. The van der Waals surface area contributed by atoms with E-state index >= 15 is 0 Å². The molecule has 0 amide bonds. The predicted molar refractivity (Wildman–Crippen MR) is 466 cm³/mol. The summed E-state index contributed by atoms with van der Waals surface area (Å²) in [6.45, 7) is 25.1. The fourth-order valence-corrected chi connectivity index (χ4v) is 18.9. The van der Waals surface area contributed by atoms with Crippen LogP contribution in [0.3, 0.4) is 0 Å². The van der Waals surface area contributed by atoms with E-state index in [2.05, 4.69) is 281 Å². The third-order valence-electron chi connectivity index (χ3n) is 18.3. The number of rotatable bonds is 28. The van der Waals surface area contributed by atoms with Gasteiger partial charge in [0.1, 0.15) is 12.6 Å². The average Bonchev–Trinajstić information content (AvgIpc) is 1.56. The second-order valence-electron chi connectivity index (χ2n) is 26.4. The highest BCUT2D eigenvalue weighted by Gasteiger charge is 2.30. The first-order chi connectivity index (χ1) is 52.2. The highest BCUT2D eigenvalue weighted by atomic mass is 32.1. The number of benzene rings is 10. The lowest BCUT2D eigenvalue weighted by Gasteiger charge is -2.27. The van der Waals surface area contributed by atoms with Crippen molar-refractivity contribution in [1.29, 1.82) is 0 Å². The maximum atomic E-state index is 12.7. The number of anilines is 6. The van der Waals surface area contributed by atoms with Crippen LogP contribution in [0.25, 0.3) is 58.7 Å². The zero-order valence-corrected chi connectivity index (χ0v) is 67.2. The van der Waals surface area contributed by atoms with Crippen molar-refractivity contribution in [2.24, 2.45) is 0 Å². The Morgan fingerprint density at radius 2 is 0.670 bits per heavy atom. The molecule has 0 bridgehead atoms. The molecule has 2 heterocycles. The fourth-order valence-electron chi connectivity index (χ4n) is 12.5. The molecule has 109 heavy (non-hydrogen) atoms. The van der Waals surface area contributed by atoms with E-state index in [1.807, 2.05) is 74.6 Å². The van der Waals surface area contributed by atoms with Gasteiger partial charge in [0.15, 0.2) is 0 Å². The van der Waals surface area contributed by atoms with E-state index in [-0.39, 0.29) is 19.8 Å². The molecule has 0 aliphatic rings. The molecule has 0 radical (unpaired) electrons. The van der Waals surface area contributed by atoms with Crippen molar-refractivity contribution in [1.82, 2.24) is 0 Å². The molecule has 560 valence electrons. The summed E-state index contributed by atoms with van der Waals surface area (Å²) in [7, 11) is -6.30. The van der Waals surface area contributed by atoms with E-state index in [4.69, 9.17) is 18.1 Å². The van der Waals surface area contributed by atoms with Gasteiger partial charge in [-0.25, -0.2) is 0 Å². The van der Waals surface area contributed by atoms with E-state index in [1.54, 1.807) is 27.7 Å². The van der Waals surface area contributed by atoms with Crippen LogP contribution in [-0.2, 0) is 39.5 Å². The first kappa shape index (κ1) is 83.1. The molecule has 2 aromatic heterocycles. The van der Waals surface area contributed by atoms with Gasteiger partial charge in [-0.15, -0.1) is 22.7 Å². The molecular formula is C95H100N2O8P2S2. The molecule has 0 aliphatic carbocycles. The summed E-state index contributed by atoms with van der Waals surface area (Å²) in [6.07, 6.45) is 15.5. The van der Waals surface area contributed by atoms with Crippen molar-refractivity contribution < 1.29 is 36.8 Å². The Morgan fingerprint density at radius 3 is 1.04 bits per heavy atom. The third kappa shape index (κ3) is 22.8. The van der Waals surface area contributed by atoms with E-state index in [0.29, 0.717) is 37.6 Å². The summed E-state index contributed by atoms with van der Waals surface area (Å²) in [5.41, 5.74) is 26.3. The second kappa shape index (κ2) is 40.0. The lowest BCUT2D eigenvalue weighted by atomic mass is 10.0. The molecule has 0 saturated carbocycles. The Morgan fingerprint density at radius 1 is 0.330 bits per heavy atom. The lowest BCUT2D eigenvalue weighted by molar-refractivity contribution is 0.111. The Kier molecular flexibility index (Phi) is 30.5.